The molecule has 0 amide bonds. The normalized spacial score (nSPS) is 20.4. The van der Waals surface area contributed by atoms with Gasteiger partial charge in [0.25, 0.3) is 0 Å². The lowest BCUT2D eigenvalue weighted by Gasteiger charge is -2.31. The Morgan fingerprint density at radius 1 is 1.47 bits per heavy atom. The van der Waals surface area contributed by atoms with Gasteiger partial charge in [0, 0.05) is 13.7 Å². The standard InChI is InChI=1S/C14H21NO4/c1-17-10-11-4-3-7-15(8-11)9-12-5-6-13(19-12)14(16)18-2/h5-6,11H,3-4,7-10H2,1-2H3/t11-/m1/s1. The number of methoxy groups -OCH3 is 2. The number of likely N-dealkylation sites (tertiary alicyclic amines) is 1. The zero-order valence-electron chi connectivity index (χ0n) is 11.6. The van der Waals surface area contributed by atoms with Crippen molar-refractivity contribution in [1.29, 1.82) is 0 Å². The van der Waals surface area contributed by atoms with E-state index in [0.29, 0.717) is 5.92 Å². The highest BCUT2D eigenvalue weighted by Gasteiger charge is 2.21. The molecular formula is C14H21NO4. The van der Waals surface area contributed by atoms with E-state index in [2.05, 4.69) is 9.64 Å². The van der Waals surface area contributed by atoms with Crippen molar-refractivity contribution in [2.75, 3.05) is 33.9 Å². The highest BCUT2D eigenvalue weighted by atomic mass is 16.5. The SMILES string of the molecule is COC[C@@H]1CCCN(Cc2ccc(C(=O)OC)o2)C1. The summed E-state index contributed by atoms with van der Waals surface area (Å²) in [5, 5.41) is 0. The van der Waals surface area contributed by atoms with E-state index in [1.807, 2.05) is 6.07 Å². The third kappa shape index (κ3) is 3.81. The summed E-state index contributed by atoms with van der Waals surface area (Å²) < 4.78 is 15.3. The number of carbonyl (C=O) groups is 1. The van der Waals surface area contributed by atoms with Crippen LogP contribution in [0.5, 0.6) is 0 Å². The van der Waals surface area contributed by atoms with Crippen molar-refractivity contribution < 1.29 is 18.7 Å². The van der Waals surface area contributed by atoms with Crippen LogP contribution < -0.4 is 0 Å². The largest absolute Gasteiger partial charge is 0.463 e. The molecule has 0 aliphatic carbocycles. The molecule has 1 aliphatic rings. The van der Waals surface area contributed by atoms with Gasteiger partial charge in [-0.3, -0.25) is 4.90 Å². The Labute approximate surface area is 113 Å². The highest BCUT2D eigenvalue weighted by Crippen LogP contribution is 2.19. The maximum absolute atomic E-state index is 11.3. The Morgan fingerprint density at radius 3 is 3.05 bits per heavy atom. The molecule has 5 heteroatoms. The van der Waals surface area contributed by atoms with Crippen LogP contribution >= 0.6 is 0 Å². The molecular weight excluding hydrogens is 246 g/mol. The van der Waals surface area contributed by atoms with Gasteiger partial charge in [-0.15, -0.1) is 0 Å². The Balaban J connectivity index is 1.89. The van der Waals surface area contributed by atoms with Gasteiger partial charge < -0.3 is 13.9 Å². The molecule has 0 spiro atoms. The van der Waals surface area contributed by atoms with E-state index >= 15 is 0 Å². The molecule has 0 unspecified atom stereocenters. The molecule has 1 atom stereocenters. The maximum atomic E-state index is 11.3. The molecule has 1 aliphatic heterocycles. The fraction of sp³-hybridized carbons (Fsp3) is 0.643. The van der Waals surface area contributed by atoms with Crippen LogP contribution in [0.3, 0.4) is 0 Å². The molecule has 0 aromatic carbocycles. The van der Waals surface area contributed by atoms with Crippen LogP contribution in [-0.4, -0.2) is 44.8 Å². The zero-order chi connectivity index (χ0) is 13.7. The molecule has 1 saturated heterocycles. The van der Waals surface area contributed by atoms with Crippen molar-refractivity contribution in [2.45, 2.75) is 19.4 Å². The molecule has 0 bridgehead atoms. The first-order chi connectivity index (χ1) is 9.22. The third-order valence-electron chi connectivity index (χ3n) is 3.43. The number of esters is 1. The second-order valence-corrected chi connectivity index (χ2v) is 4.96. The maximum Gasteiger partial charge on any atom is 0.373 e. The summed E-state index contributed by atoms with van der Waals surface area (Å²) in [6.45, 7) is 3.62. The Morgan fingerprint density at radius 2 is 2.32 bits per heavy atom. The van der Waals surface area contributed by atoms with E-state index < -0.39 is 5.97 Å². The van der Waals surface area contributed by atoms with E-state index in [9.17, 15) is 4.79 Å². The Bertz CT molecular complexity index is 413. The Kier molecular flexibility index (Phi) is 4.99. The van der Waals surface area contributed by atoms with Crippen molar-refractivity contribution >= 4 is 5.97 Å². The van der Waals surface area contributed by atoms with Gasteiger partial charge in [-0.25, -0.2) is 4.79 Å². The van der Waals surface area contributed by atoms with Gasteiger partial charge in [0.1, 0.15) is 5.76 Å². The van der Waals surface area contributed by atoms with Gasteiger partial charge in [-0.2, -0.15) is 0 Å². The highest BCUT2D eigenvalue weighted by molar-refractivity contribution is 5.86. The van der Waals surface area contributed by atoms with Crippen molar-refractivity contribution in [3.63, 3.8) is 0 Å². The number of nitrogens with zero attached hydrogens (tertiary/aromatic N) is 1. The summed E-state index contributed by atoms with van der Waals surface area (Å²) in [5.74, 6) is 1.23. The van der Waals surface area contributed by atoms with Crippen molar-refractivity contribution in [3.05, 3.63) is 23.7 Å². The summed E-state index contributed by atoms with van der Waals surface area (Å²) >= 11 is 0. The Hall–Kier alpha value is -1.33. The first-order valence-electron chi connectivity index (χ1n) is 6.61. The lowest BCUT2D eigenvalue weighted by molar-refractivity contribution is 0.0557. The summed E-state index contributed by atoms with van der Waals surface area (Å²) in [6.07, 6.45) is 2.40. The first-order valence-corrected chi connectivity index (χ1v) is 6.61. The molecule has 1 aromatic heterocycles. The summed E-state index contributed by atoms with van der Waals surface area (Å²) in [5.41, 5.74) is 0. The number of hydrogen-bond acceptors (Lipinski definition) is 5. The average Bonchev–Trinajstić information content (AvgIpc) is 2.87. The van der Waals surface area contributed by atoms with Gasteiger partial charge >= 0.3 is 5.97 Å². The lowest BCUT2D eigenvalue weighted by atomic mass is 9.99. The van der Waals surface area contributed by atoms with Crippen molar-refractivity contribution in [1.82, 2.24) is 4.90 Å². The van der Waals surface area contributed by atoms with Crippen LogP contribution in [0.2, 0.25) is 0 Å². The van der Waals surface area contributed by atoms with Gasteiger partial charge in [-0.05, 0) is 37.4 Å². The summed E-state index contributed by atoms with van der Waals surface area (Å²) in [4.78, 5) is 13.7. The predicted molar refractivity (Wildman–Crippen MR) is 69.9 cm³/mol. The molecule has 1 aromatic rings. The number of carbonyl (C=O) groups excluding carboxylic acids is 1. The monoisotopic (exact) mass is 267 g/mol. The van der Waals surface area contributed by atoms with Gasteiger partial charge in [0.05, 0.1) is 20.3 Å². The zero-order valence-corrected chi connectivity index (χ0v) is 11.6. The van der Waals surface area contributed by atoms with Crippen LogP contribution in [0.1, 0.15) is 29.2 Å². The van der Waals surface area contributed by atoms with Crippen molar-refractivity contribution in [3.8, 4) is 0 Å². The van der Waals surface area contributed by atoms with Crippen molar-refractivity contribution in [2.24, 2.45) is 5.92 Å². The molecule has 2 rings (SSSR count). The topological polar surface area (TPSA) is 51.9 Å². The van der Waals surface area contributed by atoms with E-state index in [4.69, 9.17) is 9.15 Å². The number of piperidine rings is 1. The lowest BCUT2D eigenvalue weighted by Crippen LogP contribution is -2.36. The summed E-state index contributed by atoms with van der Waals surface area (Å²) in [6, 6.07) is 3.50. The minimum Gasteiger partial charge on any atom is -0.463 e. The minimum atomic E-state index is -0.429. The molecule has 0 saturated carbocycles. The second-order valence-electron chi connectivity index (χ2n) is 4.96. The van der Waals surface area contributed by atoms with Crippen LogP contribution in [-0.2, 0) is 16.0 Å². The molecule has 0 N–H and O–H groups in total. The van der Waals surface area contributed by atoms with Crippen LogP contribution in [0.25, 0.3) is 0 Å². The van der Waals surface area contributed by atoms with Gasteiger partial charge in [0.2, 0.25) is 5.76 Å². The van der Waals surface area contributed by atoms with E-state index in [-0.39, 0.29) is 5.76 Å². The fourth-order valence-electron chi connectivity index (χ4n) is 2.56. The molecule has 106 valence electrons. The minimum absolute atomic E-state index is 0.267. The predicted octanol–water partition coefficient (Wildman–Crippen LogP) is 1.92. The first kappa shape index (κ1) is 14.1. The number of ether oxygens (including phenoxy) is 2. The number of furan rings is 1. The quantitative estimate of drug-likeness (QED) is 0.763. The summed E-state index contributed by atoms with van der Waals surface area (Å²) in [7, 11) is 3.10. The van der Waals surface area contributed by atoms with Crippen LogP contribution in [0.15, 0.2) is 16.5 Å². The van der Waals surface area contributed by atoms with Gasteiger partial charge in [0.15, 0.2) is 0 Å². The van der Waals surface area contributed by atoms with Crippen LogP contribution in [0.4, 0.5) is 0 Å². The molecule has 1 fully saturated rings. The van der Waals surface area contributed by atoms with E-state index in [0.717, 1.165) is 32.0 Å². The smallest absolute Gasteiger partial charge is 0.373 e. The third-order valence-corrected chi connectivity index (χ3v) is 3.43. The number of rotatable bonds is 5. The fourth-order valence-corrected chi connectivity index (χ4v) is 2.56. The molecule has 19 heavy (non-hydrogen) atoms. The van der Waals surface area contributed by atoms with Gasteiger partial charge in [-0.1, -0.05) is 0 Å². The van der Waals surface area contributed by atoms with E-state index in [1.54, 1.807) is 13.2 Å². The number of hydrogen-bond donors (Lipinski definition) is 0. The molecule has 2 heterocycles. The van der Waals surface area contributed by atoms with Crippen LogP contribution in [0, 0.1) is 5.92 Å². The molecule has 5 nitrogen and oxygen atoms in total. The molecule has 0 radical (unpaired) electrons. The van der Waals surface area contributed by atoms with E-state index in [1.165, 1.54) is 20.0 Å². The average molecular weight is 267 g/mol. The second kappa shape index (κ2) is 6.73.